The Labute approximate surface area is 246 Å². The SMILES string of the molecule is COc1cc(C(=O)N2CCCC(NC(=O)OC(C)(C)C)C2)cc2nc(-c3cc4ccccc4n3CC(C)CO)n(C)c12. The number of carbonyl (C=O) groups excluding carboxylic acids is 2. The van der Waals surface area contributed by atoms with Crippen molar-refractivity contribution in [3.8, 4) is 17.3 Å². The molecule has 3 heterocycles. The number of amides is 2. The highest BCUT2D eigenvalue weighted by Crippen LogP contribution is 2.35. The van der Waals surface area contributed by atoms with E-state index in [1.807, 2.05) is 57.5 Å². The van der Waals surface area contributed by atoms with Crippen molar-refractivity contribution in [1.82, 2.24) is 24.3 Å². The molecule has 0 spiro atoms. The Morgan fingerprint density at radius 2 is 1.95 bits per heavy atom. The fraction of sp³-hybridized carbons (Fsp3) is 0.469. The second kappa shape index (κ2) is 11.7. The molecule has 1 aliphatic rings. The Hall–Kier alpha value is -4.05. The number of likely N-dealkylation sites (tertiary alicyclic amines) is 1. The molecule has 1 fully saturated rings. The quantitative estimate of drug-likeness (QED) is 0.322. The number of aliphatic hydroxyl groups excluding tert-OH is 1. The molecule has 0 bridgehead atoms. The minimum absolute atomic E-state index is 0.0613. The molecule has 10 heteroatoms. The number of benzene rings is 2. The highest BCUT2D eigenvalue weighted by Gasteiger charge is 2.29. The number of imidazole rings is 1. The zero-order valence-electron chi connectivity index (χ0n) is 25.3. The summed E-state index contributed by atoms with van der Waals surface area (Å²) in [5.74, 6) is 1.23. The molecule has 224 valence electrons. The third-order valence-electron chi connectivity index (χ3n) is 7.68. The number of methoxy groups -OCH3 is 1. The van der Waals surface area contributed by atoms with Crippen LogP contribution in [0, 0.1) is 5.92 Å². The number of alkyl carbamates (subject to hydrolysis) is 1. The lowest BCUT2D eigenvalue weighted by Crippen LogP contribution is -2.50. The Bertz CT molecular complexity index is 1620. The van der Waals surface area contributed by atoms with Gasteiger partial charge >= 0.3 is 6.09 Å². The molecule has 1 saturated heterocycles. The molecule has 2 unspecified atom stereocenters. The van der Waals surface area contributed by atoms with Crippen LogP contribution in [0.4, 0.5) is 4.79 Å². The molecular formula is C32H41N5O5. The van der Waals surface area contributed by atoms with Crippen LogP contribution in [0.25, 0.3) is 33.5 Å². The Morgan fingerprint density at radius 1 is 1.19 bits per heavy atom. The predicted octanol–water partition coefficient (Wildman–Crippen LogP) is 4.96. The summed E-state index contributed by atoms with van der Waals surface area (Å²) < 4.78 is 15.4. The van der Waals surface area contributed by atoms with Crippen molar-refractivity contribution >= 4 is 33.9 Å². The number of aryl methyl sites for hydroxylation is 1. The zero-order valence-corrected chi connectivity index (χ0v) is 25.3. The molecule has 4 aromatic rings. The van der Waals surface area contributed by atoms with E-state index in [2.05, 4.69) is 28.1 Å². The smallest absolute Gasteiger partial charge is 0.407 e. The van der Waals surface area contributed by atoms with Crippen LogP contribution in [-0.2, 0) is 18.3 Å². The molecule has 42 heavy (non-hydrogen) atoms. The Balaban J connectivity index is 1.48. The lowest BCUT2D eigenvalue weighted by atomic mass is 10.0. The number of piperidine rings is 1. The summed E-state index contributed by atoms with van der Waals surface area (Å²) in [7, 11) is 3.54. The highest BCUT2D eigenvalue weighted by molar-refractivity contribution is 6.00. The van der Waals surface area contributed by atoms with E-state index < -0.39 is 11.7 Å². The van der Waals surface area contributed by atoms with E-state index in [0.717, 1.165) is 40.8 Å². The van der Waals surface area contributed by atoms with Gasteiger partial charge in [-0.2, -0.15) is 0 Å². The zero-order chi connectivity index (χ0) is 30.2. The van der Waals surface area contributed by atoms with Gasteiger partial charge in [-0.1, -0.05) is 25.1 Å². The number of aromatic nitrogens is 3. The maximum Gasteiger partial charge on any atom is 0.407 e. The third kappa shape index (κ3) is 5.94. The molecule has 2 atom stereocenters. The first-order chi connectivity index (χ1) is 20.0. The first kappa shape index (κ1) is 29.4. The monoisotopic (exact) mass is 575 g/mol. The van der Waals surface area contributed by atoms with Gasteiger partial charge in [-0.05, 0) is 63.8 Å². The number of hydrogen-bond acceptors (Lipinski definition) is 6. The lowest BCUT2D eigenvalue weighted by molar-refractivity contribution is 0.0452. The van der Waals surface area contributed by atoms with Crippen LogP contribution in [0.5, 0.6) is 5.75 Å². The van der Waals surface area contributed by atoms with Gasteiger partial charge in [0.1, 0.15) is 16.9 Å². The van der Waals surface area contributed by atoms with Crippen LogP contribution in [0.15, 0.2) is 42.5 Å². The lowest BCUT2D eigenvalue weighted by Gasteiger charge is -2.33. The average molecular weight is 576 g/mol. The molecule has 5 rings (SSSR count). The van der Waals surface area contributed by atoms with Gasteiger partial charge in [0.25, 0.3) is 5.91 Å². The van der Waals surface area contributed by atoms with Crippen LogP contribution in [0.2, 0.25) is 0 Å². The summed E-state index contributed by atoms with van der Waals surface area (Å²) in [6.45, 7) is 9.20. The summed E-state index contributed by atoms with van der Waals surface area (Å²) in [6.07, 6.45) is 1.07. The van der Waals surface area contributed by atoms with Crippen molar-refractivity contribution in [3.05, 3.63) is 48.0 Å². The number of aliphatic hydroxyl groups is 1. The predicted molar refractivity (Wildman–Crippen MR) is 163 cm³/mol. The van der Waals surface area contributed by atoms with Gasteiger partial charge < -0.3 is 33.9 Å². The topological polar surface area (TPSA) is 111 Å². The van der Waals surface area contributed by atoms with E-state index in [9.17, 15) is 14.7 Å². The number of rotatable bonds is 7. The highest BCUT2D eigenvalue weighted by atomic mass is 16.6. The number of carbonyl (C=O) groups is 2. The number of fused-ring (bicyclic) bond motifs is 2. The van der Waals surface area contributed by atoms with Crippen LogP contribution in [0.1, 0.15) is 50.9 Å². The molecule has 10 nitrogen and oxygen atoms in total. The molecular weight excluding hydrogens is 534 g/mol. The van der Waals surface area contributed by atoms with Crippen molar-refractivity contribution in [3.63, 3.8) is 0 Å². The van der Waals surface area contributed by atoms with Gasteiger partial charge in [0.2, 0.25) is 0 Å². The van der Waals surface area contributed by atoms with Crippen molar-refractivity contribution in [2.24, 2.45) is 13.0 Å². The standard InChI is InChI=1S/C32H41N5O5/c1-20(19-38)17-37-25-12-8-7-10-21(25)15-26(37)29-34-24-14-22(16-27(41-6)28(24)35(29)5)30(39)36-13-9-11-23(18-36)33-31(40)42-32(2,3)4/h7-8,10,12,14-16,20,23,38H,9,11,13,17-19H2,1-6H3,(H,33,40). The summed E-state index contributed by atoms with van der Waals surface area (Å²) in [5, 5.41) is 13.8. The second-order valence-corrected chi connectivity index (χ2v) is 12.3. The van der Waals surface area contributed by atoms with Gasteiger partial charge in [-0.15, -0.1) is 0 Å². The maximum atomic E-state index is 13.7. The van der Waals surface area contributed by atoms with Gasteiger partial charge in [0, 0.05) is 55.8 Å². The number of hydrogen-bond donors (Lipinski definition) is 2. The summed E-state index contributed by atoms with van der Waals surface area (Å²) in [4.78, 5) is 32.8. The molecule has 2 aromatic carbocycles. The van der Waals surface area contributed by atoms with E-state index in [1.54, 1.807) is 18.1 Å². The second-order valence-electron chi connectivity index (χ2n) is 12.3. The van der Waals surface area contributed by atoms with E-state index in [1.165, 1.54) is 0 Å². The van der Waals surface area contributed by atoms with Gasteiger partial charge in [0.15, 0.2) is 5.82 Å². The number of nitrogens with zero attached hydrogens (tertiary/aromatic N) is 4. The van der Waals surface area contributed by atoms with E-state index in [4.69, 9.17) is 14.5 Å². The molecule has 2 amide bonds. The van der Waals surface area contributed by atoms with Crippen molar-refractivity contribution < 1.29 is 24.2 Å². The molecule has 0 aliphatic carbocycles. The van der Waals surface area contributed by atoms with Gasteiger partial charge in [-0.25, -0.2) is 9.78 Å². The van der Waals surface area contributed by atoms with E-state index in [-0.39, 0.29) is 24.5 Å². The van der Waals surface area contributed by atoms with Crippen molar-refractivity contribution in [2.45, 2.75) is 58.7 Å². The summed E-state index contributed by atoms with van der Waals surface area (Å²) >= 11 is 0. The Morgan fingerprint density at radius 3 is 2.67 bits per heavy atom. The third-order valence-corrected chi connectivity index (χ3v) is 7.68. The van der Waals surface area contributed by atoms with E-state index in [0.29, 0.717) is 36.5 Å². The summed E-state index contributed by atoms with van der Waals surface area (Å²) in [5.41, 5.74) is 3.34. The van der Waals surface area contributed by atoms with Crippen molar-refractivity contribution in [2.75, 3.05) is 26.8 Å². The fourth-order valence-corrected chi connectivity index (χ4v) is 5.72. The van der Waals surface area contributed by atoms with Gasteiger partial charge in [-0.3, -0.25) is 4.79 Å². The first-order valence-electron chi connectivity index (χ1n) is 14.5. The minimum atomic E-state index is -0.590. The van der Waals surface area contributed by atoms with Crippen molar-refractivity contribution in [1.29, 1.82) is 0 Å². The normalized spacial score (nSPS) is 16.5. The van der Waals surface area contributed by atoms with E-state index >= 15 is 0 Å². The molecule has 2 aromatic heterocycles. The largest absolute Gasteiger partial charge is 0.494 e. The molecule has 0 radical (unpaired) electrons. The Kier molecular flexibility index (Phi) is 8.19. The molecule has 2 N–H and O–H groups in total. The van der Waals surface area contributed by atoms with Gasteiger partial charge in [0.05, 0.1) is 18.3 Å². The van der Waals surface area contributed by atoms with Crippen LogP contribution in [0.3, 0.4) is 0 Å². The number of nitrogens with one attached hydrogen (secondary N) is 1. The van der Waals surface area contributed by atoms with Crippen LogP contribution in [-0.4, -0.2) is 74.6 Å². The van der Waals surface area contributed by atoms with Crippen LogP contribution < -0.4 is 10.1 Å². The molecule has 1 aliphatic heterocycles. The number of para-hydroxylation sites is 1. The minimum Gasteiger partial charge on any atom is -0.494 e. The fourth-order valence-electron chi connectivity index (χ4n) is 5.72. The van der Waals surface area contributed by atoms with Crippen LogP contribution >= 0.6 is 0 Å². The first-order valence-corrected chi connectivity index (χ1v) is 14.5. The molecule has 0 saturated carbocycles. The maximum absolute atomic E-state index is 13.7. The summed E-state index contributed by atoms with van der Waals surface area (Å²) in [6, 6.07) is 13.7. The average Bonchev–Trinajstić information content (AvgIpc) is 3.48. The number of ether oxygens (including phenoxy) is 2.